The zero-order valence-electron chi connectivity index (χ0n) is 8.38. The van der Waals surface area contributed by atoms with Gasteiger partial charge in [0, 0.05) is 7.11 Å². The van der Waals surface area contributed by atoms with Gasteiger partial charge in [0.15, 0.2) is 6.29 Å². The molecule has 0 bridgehead atoms. The molecule has 0 amide bonds. The van der Waals surface area contributed by atoms with Crippen molar-refractivity contribution in [3.8, 4) is 6.07 Å². The molecule has 0 N–H and O–H groups in total. The summed E-state index contributed by atoms with van der Waals surface area (Å²) in [6.07, 6.45) is 3.51. The van der Waals surface area contributed by atoms with Gasteiger partial charge in [-0.15, -0.1) is 0 Å². The second-order valence-electron chi connectivity index (χ2n) is 3.28. The standard InChI is InChI=1S/C12H11NO2/c1-14-12-7-6-11(15-12)10-4-2-9(8-13)3-5-10/h2-7,11-12H,1H3. The zero-order valence-corrected chi connectivity index (χ0v) is 8.38. The van der Waals surface area contributed by atoms with Crippen molar-refractivity contribution >= 4 is 0 Å². The molecule has 76 valence electrons. The lowest BCUT2D eigenvalue weighted by Gasteiger charge is -2.12. The van der Waals surface area contributed by atoms with E-state index in [1.165, 1.54) is 0 Å². The van der Waals surface area contributed by atoms with Crippen molar-refractivity contribution in [2.75, 3.05) is 7.11 Å². The largest absolute Gasteiger partial charge is 0.352 e. The van der Waals surface area contributed by atoms with E-state index in [1.807, 2.05) is 24.3 Å². The first-order chi connectivity index (χ1) is 7.33. The molecule has 1 aromatic carbocycles. The second kappa shape index (κ2) is 4.26. The molecule has 3 nitrogen and oxygen atoms in total. The Morgan fingerprint density at radius 2 is 2.00 bits per heavy atom. The molecule has 0 radical (unpaired) electrons. The molecule has 1 aliphatic rings. The summed E-state index contributed by atoms with van der Waals surface area (Å²) in [5.41, 5.74) is 1.69. The first kappa shape index (κ1) is 9.91. The van der Waals surface area contributed by atoms with Crippen molar-refractivity contribution in [2.24, 2.45) is 0 Å². The van der Waals surface area contributed by atoms with Crippen LogP contribution in [0.2, 0.25) is 0 Å². The highest BCUT2D eigenvalue weighted by atomic mass is 16.7. The van der Waals surface area contributed by atoms with Crippen LogP contribution in [0.3, 0.4) is 0 Å². The Kier molecular flexibility index (Phi) is 2.82. The molecule has 0 aromatic heterocycles. The fraction of sp³-hybridized carbons (Fsp3) is 0.250. The summed E-state index contributed by atoms with van der Waals surface area (Å²) in [4.78, 5) is 0. The van der Waals surface area contributed by atoms with E-state index in [-0.39, 0.29) is 12.4 Å². The van der Waals surface area contributed by atoms with Crippen LogP contribution >= 0.6 is 0 Å². The Morgan fingerprint density at radius 3 is 2.53 bits per heavy atom. The number of hydrogen-bond donors (Lipinski definition) is 0. The molecule has 15 heavy (non-hydrogen) atoms. The summed E-state index contributed by atoms with van der Waals surface area (Å²) in [5, 5.41) is 8.66. The summed E-state index contributed by atoms with van der Waals surface area (Å²) >= 11 is 0. The molecule has 0 spiro atoms. The average Bonchev–Trinajstić information content (AvgIpc) is 2.78. The van der Waals surface area contributed by atoms with Gasteiger partial charge in [-0.25, -0.2) is 0 Å². The molecule has 1 heterocycles. The number of hydrogen-bond acceptors (Lipinski definition) is 3. The molecule has 0 saturated carbocycles. The highest BCUT2D eigenvalue weighted by molar-refractivity contribution is 5.34. The minimum Gasteiger partial charge on any atom is -0.352 e. The SMILES string of the molecule is COC1C=CC(c2ccc(C#N)cc2)O1. The molecule has 0 saturated heterocycles. The summed E-state index contributed by atoms with van der Waals surface area (Å²) in [6, 6.07) is 9.44. The van der Waals surface area contributed by atoms with E-state index in [9.17, 15) is 0 Å². The Bertz CT molecular complexity index is 403. The van der Waals surface area contributed by atoms with E-state index in [0.29, 0.717) is 5.56 Å². The maximum absolute atomic E-state index is 8.66. The first-order valence-electron chi connectivity index (χ1n) is 4.70. The topological polar surface area (TPSA) is 42.2 Å². The number of nitrogens with zero attached hydrogens (tertiary/aromatic N) is 1. The minimum atomic E-state index is -0.259. The van der Waals surface area contributed by atoms with Gasteiger partial charge >= 0.3 is 0 Å². The third kappa shape index (κ3) is 2.07. The lowest BCUT2D eigenvalue weighted by molar-refractivity contribution is -0.0991. The number of ether oxygens (including phenoxy) is 2. The average molecular weight is 201 g/mol. The third-order valence-electron chi connectivity index (χ3n) is 2.32. The van der Waals surface area contributed by atoms with Crippen LogP contribution in [0.4, 0.5) is 0 Å². The molecule has 0 fully saturated rings. The van der Waals surface area contributed by atoms with E-state index in [4.69, 9.17) is 14.7 Å². The van der Waals surface area contributed by atoms with Crippen LogP contribution in [0, 0.1) is 11.3 Å². The predicted molar refractivity (Wildman–Crippen MR) is 54.9 cm³/mol. The van der Waals surface area contributed by atoms with Crippen molar-refractivity contribution in [1.82, 2.24) is 0 Å². The maximum Gasteiger partial charge on any atom is 0.177 e. The number of rotatable bonds is 2. The van der Waals surface area contributed by atoms with E-state index in [0.717, 1.165) is 5.56 Å². The fourth-order valence-electron chi connectivity index (χ4n) is 1.50. The van der Waals surface area contributed by atoms with Crippen LogP contribution < -0.4 is 0 Å². The number of methoxy groups -OCH3 is 1. The molecule has 2 atom stereocenters. The molecule has 3 heteroatoms. The van der Waals surface area contributed by atoms with Crippen molar-refractivity contribution in [3.05, 3.63) is 47.5 Å². The summed E-state index contributed by atoms with van der Waals surface area (Å²) < 4.78 is 10.6. The van der Waals surface area contributed by atoms with Crippen molar-refractivity contribution in [2.45, 2.75) is 12.4 Å². The smallest absolute Gasteiger partial charge is 0.177 e. The number of nitriles is 1. The molecular formula is C12H11NO2. The van der Waals surface area contributed by atoms with Crippen LogP contribution in [0.25, 0.3) is 0 Å². The molecule has 0 aliphatic carbocycles. The van der Waals surface area contributed by atoms with Gasteiger partial charge in [-0.1, -0.05) is 18.2 Å². The summed E-state index contributed by atoms with van der Waals surface area (Å²) in [7, 11) is 1.61. The quantitative estimate of drug-likeness (QED) is 0.688. The van der Waals surface area contributed by atoms with Gasteiger partial charge in [-0.2, -0.15) is 5.26 Å². The summed E-state index contributed by atoms with van der Waals surface area (Å²) in [6.45, 7) is 0. The highest BCUT2D eigenvalue weighted by Crippen LogP contribution is 2.26. The van der Waals surface area contributed by atoms with Crippen LogP contribution in [-0.4, -0.2) is 13.4 Å². The van der Waals surface area contributed by atoms with E-state index in [1.54, 1.807) is 19.2 Å². The Morgan fingerprint density at radius 1 is 1.27 bits per heavy atom. The van der Waals surface area contributed by atoms with Crippen LogP contribution in [-0.2, 0) is 9.47 Å². The van der Waals surface area contributed by atoms with E-state index in [2.05, 4.69) is 6.07 Å². The molecule has 2 unspecified atom stereocenters. The summed E-state index contributed by atoms with van der Waals surface area (Å²) in [5.74, 6) is 0. The predicted octanol–water partition coefficient (Wildman–Crippen LogP) is 2.16. The van der Waals surface area contributed by atoms with Gasteiger partial charge in [0.1, 0.15) is 6.10 Å². The van der Waals surface area contributed by atoms with Crippen molar-refractivity contribution in [3.63, 3.8) is 0 Å². The Balaban J connectivity index is 2.12. The molecule has 1 aliphatic heterocycles. The molecule has 1 aromatic rings. The van der Waals surface area contributed by atoms with Gasteiger partial charge in [0.05, 0.1) is 11.6 Å². The molecule has 2 rings (SSSR count). The first-order valence-corrected chi connectivity index (χ1v) is 4.70. The maximum atomic E-state index is 8.66. The third-order valence-corrected chi connectivity index (χ3v) is 2.32. The molecular weight excluding hydrogens is 190 g/mol. The van der Waals surface area contributed by atoms with Crippen molar-refractivity contribution < 1.29 is 9.47 Å². The van der Waals surface area contributed by atoms with Gasteiger partial charge in [-0.05, 0) is 23.8 Å². The van der Waals surface area contributed by atoms with Gasteiger partial charge in [0.2, 0.25) is 0 Å². The van der Waals surface area contributed by atoms with E-state index < -0.39 is 0 Å². The minimum absolute atomic E-state index is 0.0670. The normalized spacial score (nSPS) is 24.0. The van der Waals surface area contributed by atoms with Crippen molar-refractivity contribution in [1.29, 1.82) is 5.26 Å². The lowest BCUT2D eigenvalue weighted by Crippen LogP contribution is -2.08. The van der Waals surface area contributed by atoms with Crippen LogP contribution in [0.15, 0.2) is 36.4 Å². The lowest BCUT2D eigenvalue weighted by atomic mass is 10.1. The van der Waals surface area contributed by atoms with E-state index >= 15 is 0 Å². The van der Waals surface area contributed by atoms with Gasteiger partial charge in [-0.3, -0.25) is 0 Å². The van der Waals surface area contributed by atoms with Crippen LogP contribution in [0.1, 0.15) is 17.2 Å². The van der Waals surface area contributed by atoms with Gasteiger partial charge < -0.3 is 9.47 Å². The zero-order chi connectivity index (χ0) is 10.7. The number of benzene rings is 1. The fourth-order valence-corrected chi connectivity index (χ4v) is 1.50. The Labute approximate surface area is 88.5 Å². The van der Waals surface area contributed by atoms with Crippen LogP contribution in [0.5, 0.6) is 0 Å². The second-order valence-corrected chi connectivity index (χ2v) is 3.28. The monoisotopic (exact) mass is 201 g/mol. The Hall–Kier alpha value is -1.63. The highest BCUT2D eigenvalue weighted by Gasteiger charge is 2.19. The van der Waals surface area contributed by atoms with Gasteiger partial charge in [0.25, 0.3) is 0 Å².